The topological polar surface area (TPSA) is 64.1 Å². The molecule has 0 saturated carbocycles. The summed E-state index contributed by atoms with van der Waals surface area (Å²) in [6.45, 7) is 2.22. The summed E-state index contributed by atoms with van der Waals surface area (Å²) in [5.74, 6) is 1.30. The van der Waals surface area contributed by atoms with Crippen molar-refractivity contribution in [1.82, 2.24) is 10.2 Å². The summed E-state index contributed by atoms with van der Waals surface area (Å²) >= 11 is 9.14. The number of methoxy groups -OCH3 is 1. The molecule has 1 heterocycles. The van der Waals surface area contributed by atoms with Crippen LogP contribution in [-0.4, -0.2) is 29.6 Å². The van der Waals surface area contributed by atoms with Gasteiger partial charge in [0.25, 0.3) is 0 Å². The molecule has 0 aliphatic rings. The molecule has 1 N–H and O–H groups in total. The third kappa shape index (κ3) is 5.22. The minimum absolute atomic E-state index is 0.0798. The Labute approximate surface area is 171 Å². The van der Waals surface area contributed by atoms with Crippen molar-refractivity contribution >= 4 is 45.6 Å². The fraction of sp³-hybridized carbons (Fsp3) is 0.211. The average molecular weight is 420 g/mol. The highest BCUT2D eigenvalue weighted by molar-refractivity contribution is 8.00. The average Bonchev–Trinajstić information content (AvgIpc) is 3.13. The minimum Gasteiger partial charge on any atom is -0.495 e. The highest BCUT2D eigenvalue weighted by Crippen LogP contribution is 2.29. The second-order valence-corrected chi connectivity index (χ2v) is 8.32. The summed E-state index contributed by atoms with van der Waals surface area (Å²) in [6, 6.07) is 13.3. The molecule has 1 aromatic heterocycles. The van der Waals surface area contributed by atoms with Crippen LogP contribution in [-0.2, 0) is 5.75 Å². The minimum atomic E-state index is -0.0798. The van der Waals surface area contributed by atoms with Crippen LogP contribution in [0.1, 0.15) is 21.5 Å². The summed E-state index contributed by atoms with van der Waals surface area (Å²) in [7, 11) is 1.54. The first-order valence-electron chi connectivity index (χ1n) is 8.18. The van der Waals surface area contributed by atoms with Crippen LogP contribution in [0.15, 0.2) is 46.8 Å². The van der Waals surface area contributed by atoms with Gasteiger partial charge in [-0.15, -0.1) is 10.2 Å². The number of benzene rings is 2. The number of ether oxygens (including phenoxy) is 1. The van der Waals surface area contributed by atoms with Gasteiger partial charge in [-0.3, -0.25) is 4.79 Å². The van der Waals surface area contributed by atoms with Gasteiger partial charge in [0.1, 0.15) is 5.75 Å². The van der Waals surface area contributed by atoms with E-state index >= 15 is 0 Å². The third-order valence-corrected chi connectivity index (χ3v) is 6.25. The number of nitrogens with one attached hydrogen (secondary N) is 1. The van der Waals surface area contributed by atoms with E-state index in [4.69, 9.17) is 16.3 Å². The fourth-order valence-corrected chi connectivity index (χ4v) is 4.43. The SMILES string of the molecule is COc1ccc(C(=O)CNc2nnc(SCc3ccccc3C)s2)cc1Cl. The highest BCUT2D eigenvalue weighted by Gasteiger charge is 2.11. The number of halogens is 1. The highest BCUT2D eigenvalue weighted by atomic mass is 35.5. The van der Waals surface area contributed by atoms with E-state index in [1.807, 2.05) is 12.1 Å². The monoisotopic (exact) mass is 419 g/mol. The molecule has 0 amide bonds. The van der Waals surface area contributed by atoms with Gasteiger partial charge in [0, 0.05) is 11.3 Å². The third-order valence-electron chi connectivity index (χ3n) is 3.89. The lowest BCUT2D eigenvalue weighted by Gasteiger charge is -2.06. The number of ketones is 1. The Morgan fingerprint density at radius 1 is 1.26 bits per heavy atom. The molecular formula is C19H18ClN3O2S2. The quantitative estimate of drug-likeness (QED) is 0.405. The number of hydrogen-bond acceptors (Lipinski definition) is 7. The first-order chi connectivity index (χ1) is 13.1. The molecule has 0 unspecified atom stereocenters. The van der Waals surface area contributed by atoms with Crippen molar-refractivity contribution in [3.05, 3.63) is 64.2 Å². The van der Waals surface area contributed by atoms with Gasteiger partial charge in [0.2, 0.25) is 5.13 Å². The van der Waals surface area contributed by atoms with Crippen LogP contribution in [0.4, 0.5) is 5.13 Å². The van der Waals surface area contributed by atoms with Crippen molar-refractivity contribution in [1.29, 1.82) is 0 Å². The second-order valence-electron chi connectivity index (χ2n) is 5.71. The van der Waals surface area contributed by atoms with Gasteiger partial charge < -0.3 is 10.1 Å². The number of carbonyl (C=O) groups is 1. The van der Waals surface area contributed by atoms with Gasteiger partial charge in [-0.2, -0.15) is 0 Å². The molecule has 140 valence electrons. The molecule has 0 aliphatic carbocycles. The zero-order chi connectivity index (χ0) is 19.2. The predicted octanol–water partition coefficient (Wildman–Crippen LogP) is 5.10. The van der Waals surface area contributed by atoms with Gasteiger partial charge in [-0.1, -0.05) is 59.0 Å². The molecule has 0 spiro atoms. The number of aromatic nitrogens is 2. The number of thioether (sulfide) groups is 1. The largest absolute Gasteiger partial charge is 0.495 e. The second kappa shape index (κ2) is 9.21. The molecule has 0 saturated heterocycles. The summed E-state index contributed by atoms with van der Waals surface area (Å²) in [5.41, 5.74) is 3.06. The van der Waals surface area contributed by atoms with E-state index in [0.717, 1.165) is 10.1 Å². The van der Waals surface area contributed by atoms with E-state index in [9.17, 15) is 4.79 Å². The Hall–Kier alpha value is -2.09. The Morgan fingerprint density at radius 3 is 2.81 bits per heavy atom. The maximum atomic E-state index is 12.3. The van der Waals surface area contributed by atoms with Gasteiger partial charge in [0.05, 0.1) is 18.7 Å². The normalized spacial score (nSPS) is 10.6. The molecule has 27 heavy (non-hydrogen) atoms. The van der Waals surface area contributed by atoms with Crippen LogP contribution in [0.5, 0.6) is 5.75 Å². The molecule has 0 aliphatic heterocycles. The van der Waals surface area contributed by atoms with Crippen LogP contribution in [0.25, 0.3) is 0 Å². The van der Waals surface area contributed by atoms with E-state index in [1.165, 1.54) is 29.6 Å². The lowest BCUT2D eigenvalue weighted by Crippen LogP contribution is -2.13. The van der Waals surface area contributed by atoms with Crippen LogP contribution in [0, 0.1) is 6.92 Å². The van der Waals surface area contributed by atoms with Crippen molar-refractivity contribution in [2.24, 2.45) is 0 Å². The van der Waals surface area contributed by atoms with Crippen LogP contribution in [0.3, 0.4) is 0 Å². The van der Waals surface area contributed by atoms with Gasteiger partial charge in [-0.25, -0.2) is 0 Å². The van der Waals surface area contributed by atoms with Gasteiger partial charge >= 0.3 is 0 Å². The number of anilines is 1. The smallest absolute Gasteiger partial charge is 0.206 e. The Balaban J connectivity index is 1.54. The van der Waals surface area contributed by atoms with E-state index in [1.54, 1.807) is 30.0 Å². The lowest BCUT2D eigenvalue weighted by atomic mass is 10.1. The number of hydrogen-bond donors (Lipinski definition) is 1. The predicted molar refractivity (Wildman–Crippen MR) is 111 cm³/mol. The summed E-state index contributed by atoms with van der Waals surface area (Å²) in [4.78, 5) is 12.3. The molecule has 3 rings (SSSR count). The summed E-state index contributed by atoms with van der Waals surface area (Å²) in [6.07, 6.45) is 0. The Bertz CT molecular complexity index is 946. The molecule has 5 nitrogen and oxygen atoms in total. The van der Waals surface area contributed by atoms with Crippen LogP contribution < -0.4 is 10.1 Å². The first-order valence-corrected chi connectivity index (χ1v) is 10.4. The molecular weight excluding hydrogens is 402 g/mol. The number of nitrogens with zero attached hydrogens (tertiary/aromatic N) is 2. The standard InChI is InChI=1S/C19H18ClN3O2S2/c1-12-5-3-4-6-14(12)11-26-19-23-22-18(27-19)21-10-16(24)13-7-8-17(25-2)15(20)9-13/h3-9H,10-11H2,1-2H3,(H,21,22). The van der Waals surface area contributed by atoms with Crippen molar-refractivity contribution in [3.8, 4) is 5.75 Å². The van der Waals surface area contributed by atoms with E-state index in [0.29, 0.717) is 21.5 Å². The Morgan fingerprint density at radius 2 is 2.07 bits per heavy atom. The molecule has 2 aromatic carbocycles. The molecule has 0 atom stereocenters. The van der Waals surface area contributed by atoms with E-state index in [-0.39, 0.29) is 12.3 Å². The fourth-order valence-electron chi connectivity index (χ4n) is 2.35. The number of rotatable bonds is 8. The van der Waals surface area contributed by atoms with E-state index in [2.05, 4.69) is 34.6 Å². The first kappa shape index (κ1) is 19.7. The maximum Gasteiger partial charge on any atom is 0.206 e. The molecule has 3 aromatic rings. The molecule has 8 heteroatoms. The van der Waals surface area contributed by atoms with Crippen molar-refractivity contribution < 1.29 is 9.53 Å². The zero-order valence-electron chi connectivity index (χ0n) is 14.9. The molecule has 0 bridgehead atoms. The van der Waals surface area contributed by atoms with Crippen molar-refractivity contribution in [2.75, 3.05) is 19.0 Å². The number of carbonyl (C=O) groups excluding carboxylic acids is 1. The summed E-state index contributed by atoms with van der Waals surface area (Å²) in [5, 5.41) is 12.3. The maximum absolute atomic E-state index is 12.3. The molecule has 0 radical (unpaired) electrons. The van der Waals surface area contributed by atoms with Crippen molar-refractivity contribution in [3.63, 3.8) is 0 Å². The van der Waals surface area contributed by atoms with Gasteiger partial charge in [0.15, 0.2) is 10.1 Å². The van der Waals surface area contributed by atoms with E-state index < -0.39 is 0 Å². The van der Waals surface area contributed by atoms with Gasteiger partial charge in [-0.05, 0) is 36.2 Å². The lowest BCUT2D eigenvalue weighted by molar-refractivity contribution is 0.101. The zero-order valence-corrected chi connectivity index (χ0v) is 17.2. The number of aryl methyl sites for hydroxylation is 1. The van der Waals surface area contributed by atoms with Crippen molar-refractivity contribution in [2.45, 2.75) is 17.0 Å². The number of Topliss-reactive ketones (excluding diaryl/α,β-unsaturated/α-hetero) is 1. The summed E-state index contributed by atoms with van der Waals surface area (Å²) < 4.78 is 5.96. The Kier molecular flexibility index (Phi) is 6.71. The van der Waals surface area contributed by atoms with Crippen LogP contribution in [0.2, 0.25) is 5.02 Å². The molecule has 0 fully saturated rings. The van der Waals surface area contributed by atoms with Crippen LogP contribution >= 0.6 is 34.7 Å².